The fourth-order valence-corrected chi connectivity index (χ4v) is 2.17. The average Bonchev–Trinajstić information content (AvgIpc) is 2.90. The second-order valence-corrected chi connectivity index (χ2v) is 5.26. The minimum Gasteiger partial charge on any atom is -0.387 e. The number of imidazole rings is 1. The molecular weight excluding hydrogens is 311 g/mol. The number of H-pyrrole nitrogens is 1. The number of nitroso groups, excluding NO2 is 1. The first-order chi connectivity index (χ1) is 10.8. The summed E-state index contributed by atoms with van der Waals surface area (Å²) in [6.07, 6.45) is -1.06. The van der Waals surface area contributed by atoms with E-state index >= 15 is 0 Å². The number of ether oxygens (including phenoxy) is 1. The highest BCUT2D eigenvalue weighted by atomic mass is 19.1. The van der Waals surface area contributed by atoms with Crippen molar-refractivity contribution >= 4 is 17.1 Å². The summed E-state index contributed by atoms with van der Waals surface area (Å²) in [5.41, 5.74) is 3.66. The number of aromatic amines is 1. The maximum Gasteiger partial charge on any atom is 0.280 e. The summed E-state index contributed by atoms with van der Waals surface area (Å²) in [5, 5.41) is 12.4. The number of nitrogen functional groups attached to an aromatic ring is 1. The van der Waals surface area contributed by atoms with Gasteiger partial charge in [-0.15, -0.1) is 0 Å². The van der Waals surface area contributed by atoms with Crippen LogP contribution >= 0.6 is 0 Å². The monoisotopic (exact) mass is 328 g/mol. The molecule has 2 aromatic rings. The Morgan fingerprint density at radius 2 is 2.35 bits per heavy atom. The van der Waals surface area contributed by atoms with Crippen molar-refractivity contribution in [3.63, 3.8) is 0 Å². The van der Waals surface area contributed by atoms with Crippen molar-refractivity contribution < 1.29 is 14.2 Å². The lowest BCUT2D eigenvalue weighted by Crippen LogP contribution is -2.47. The molecule has 2 rings (SSSR count). The molecular formula is C12H17FN6O4. The van der Waals surface area contributed by atoms with E-state index in [4.69, 9.17) is 10.5 Å². The van der Waals surface area contributed by atoms with E-state index in [2.05, 4.69) is 20.1 Å². The van der Waals surface area contributed by atoms with E-state index in [1.807, 2.05) is 0 Å². The molecule has 10 nitrogen and oxygen atoms in total. The molecule has 0 radical (unpaired) electrons. The molecule has 0 fully saturated rings. The van der Waals surface area contributed by atoms with Crippen molar-refractivity contribution in [2.45, 2.75) is 31.8 Å². The van der Waals surface area contributed by atoms with Crippen LogP contribution in [0.25, 0.3) is 11.2 Å². The van der Waals surface area contributed by atoms with Crippen LogP contribution in [0.2, 0.25) is 0 Å². The molecule has 0 saturated heterocycles. The molecule has 0 aliphatic heterocycles. The normalized spacial score (nSPS) is 16.9. The molecule has 1 unspecified atom stereocenters. The van der Waals surface area contributed by atoms with Gasteiger partial charge in [-0.05, 0) is 13.8 Å². The van der Waals surface area contributed by atoms with Gasteiger partial charge in [0.05, 0.1) is 6.33 Å². The van der Waals surface area contributed by atoms with Crippen LogP contribution in [-0.2, 0) is 4.74 Å². The summed E-state index contributed by atoms with van der Waals surface area (Å²) < 4.78 is 19.8. The molecule has 0 spiro atoms. The maximum atomic E-state index is 12.8. The van der Waals surface area contributed by atoms with Gasteiger partial charge in [0.1, 0.15) is 31.2 Å². The van der Waals surface area contributed by atoms with Crippen LogP contribution in [0.5, 0.6) is 0 Å². The lowest BCUT2D eigenvalue weighted by atomic mass is 10.00. The first-order valence-corrected chi connectivity index (χ1v) is 6.75. The molecule has 2 aromatic heterocycles. The highest BCUT2D eigenvalue weighted by Crippen LogP contribution is 2.25. The number of rotatable bonds is 7. The SMILES string of the molecule is CC(O[C@](C)(CN=O)[C@@H](O)CF)n1cnc2c(=O)[nH]c(N)nc21. The lowest BCUT2D eigenvalue weighted by Gasteiger charge is -2.33. The molecule has 4 N–H and O–H groups in total. The summed E-state index contributed by atoms with van der Waals surface area (Å²) >= 11 is 0. The highest BCUT2D eigenvalue weighted by molar-refractivity contribution is 5.70. The third kappa shape index (κ3) is 3.19. The Bertz CT molecular complexity index is 762. The Balaban J connectivity index is 2.38. The van der Waals surface area contributed by atoms with Crippen LogP contribution in [0.4, 0.5) is 10.3 Å². The Hall–Kier alpha value is -2.40. The van der Waals surface area contributed by atoms with Crippen molar-refractivity contribution in [3.05, 3.63) is 21.6 Å². The third-order valence-corrected chi connectivity index (χ3v) is 3.51. The molecule has 0 aliphatic carbocycles. The van der Waals surface area contributed by atoms with E-state index in [1.54, 1.807) is 6.92 Å². The van der Waals surface area contributed by atoms with E-state index in [9.17, 15) is 19.2 Å². The van der Waals surface area contributed by atoms with Gasteiger partial charge in [0, 0.05) is 0 Å². The quantitative estimate of drug-likeness (QED) is 0.610. The summed E-state index contributed by atoms with van der Waals surface area (Å²) in [6, 6.07) is 0. The Morgan fingerprint density at radius 1 is 1.65 bits per heavy atom. The third-order valence-electron chi connectivity index (χ3n) is 3.51. The van der Waals surface area contributed by atoms with E-state index in [0.29, 0.717) is 0 Å². The Labute approximate surface area is 129 Å². The molecule has 0 aliphatic rings. The molecule has 0 aromatic carbocycles. The zero-order valence-electron chi connectivity index (χ0n) is 12.6. The smallest absolute Gasteiger partial charge is 0.280 e. The van der Waals surface area contributed by atoms with Crippen molar-refractivity contribution in [3.8, 4) is 0 Å². The fourth-order valence-electron chi connectivity index (χ4n) is 2.17. The highest BCUT2D eigenvalue weighted by Gasteiger charge is 2.37. The van der Waals surface area contributed by atoms with Gasteiger partial charge in [0.25, 0.3) is 5.56 Å². The number of halogens is 1. The summed E-state index contributed by atoms with van der Waals surface area (Å²) in [4.78, 5) is 32.5. The molecule has 23 heavy (non-hydrogen) atoms. The topological polar surface area (TPSA) is 148 Å². The number of hydrogen-bond acceptors (Lipinski definition) is 8. The van der Waals surface area contributed by atoms with Gasteiger partial charge in [0.15, 0.2) is 11.2 Å². The fraction of sp³-hybridized carbons (Fsp3) is 0.583. The number of aliphatic hydroxyl groups excluding tert-OH is 1. The second kappa shape index (κ2) is 6.38. The van der Waals surface area contributed by atoms with Crippen molar-refractivity contribution in [1.29, 1.82) is 0 Å². The second-order valence-electron chi connectivity index (χ2n) is 5.26. The molecule has 0 saturated carbocycles. The van der Waals surface area contributed by atoms with Crippen LogP contribution in [0.3, 0.4) is 0 Å². The van der Waals surface area contributed by atoms with Gasteiger partial charge >= 0.3 is 0 Å². The molecule has 0 amide bonds. The van der Waals surface area contributed by atoms with Gasteiger partial charge in [0.2, 0.25) is 5.95 Å². The standard InChI is InChI=1S/C12H17FN6O4/c1-6(23-12(2,4-16-22)7(20)3-13)19-5-15-8-9(19)17-11(14)18-10(8)21/h5-7,20H,3-4H2,1-2H3,(H3,14,17,18,21)/t6?,7-,12+/m0/s1. The summed E-state index contributed by atoms with van der Waals surface area (Å²) in [6.45, 7) is 1.37. The molecule has 11 heteroatoms. The molecule has 0 bridgehead atoms. The van der Waals surface area contributed by atoms with Gasteiger partial charge in [-0.3, -0.25) is 14.3 Å². The van der Waals surface area contributed by atoms with E-state index in [-0.39, 0.29) is 17.1 Å². The van der Waals surface area contributed by atoms with Crippen molar-refractivity contribution in [2.75, 3.05) is 19.0 Å². The minimum absolute atomic E-state index is 0.0518. The van der Waals surface area contributed by atoms with Gasteiger partial charge < -0.3 is 15.6 Å². The van der Waals surface area contributed by atoms with Gasteiger partial charge in [-0.25, -0.2) is 9.37 Å². The summed E-state index contributed by atoms with van der Waals surface area (Å²) in [7, 11) is 0. The number of fused-ring (bicyclic) bond motifs is 1. The Kier molecular flexibility index (Phi) is 4.71. The average molecular weight is 328 g/mol. The number of alkyl halides is 1. The van der Waals surface area contributed by atoms with Crippen LogP contribution in [0.15, 0.2) is 16.3 Å². The molecule has 3 atom stereocenters. The van der Waals surface area contributed by atoms with Crippen molar-refractivity contribution in [2.24, 2.45) is 5.18 Å². The van der Waals surface area contributed by atoms with E-state index in [0.717, 1.165) is 0 Å². The largest absolute Gasteiger partial charge is 0.387 e. The van der Waals surface area contributed by atoms with Crippen LogP contribution in [-0.4, -0.2) is 49.5 Å². The minimum atomic E-state index is -1.54. The number of nitrogens with two attached hydrogens (primary N) is 1. The first-order valence-electron chi connectivity index (χ1n) is 6.75. The van der Waals surface area contributed by atoms with E-state index < -0.39 is 36.7 Å². The molecule has 2 heterocycles. The van der Waals surface area contributed by atoms with Gasteiger partial charge in [-0.2, -0.15) is 9.89 Å². The number of nitrogens with zero attached hydrogens (tertiary/aromatic N) is 4. The van der Waals surface area contributed by atoms with Crippen molar-refractivity contribution in [1.82, 2.24) is 19.5 Å². The zero-order chi connectivity index (χ0) is 17.2. The predicted octanol–water partition coefficient (Wildman–Crippen LogP) is 0.0924. The number of aliphatic hydroxyl groups is 1. The lowest BCUT2D eigenvalue weighted by molar-refractivity contribution is -0.160. The van der Waals surface area contributed by atoms with Crippen LogP contribution in [0, 0.1) is 4.91 Å². The number of hydrogen-bond donors (Lipinski definition) is 3. The maximum absolute atomic E-state index is 12.8. The predicted molar refractivity (Wildman–Crippen MR) is 79.4 cm³/mol. The summed E-state index contributed by atoms with van der Waals surface area (Å²) in [5.74, 6) is -0.0995. The van der Waals surface area contributed by atoms with Gasteiger partial charge in [-0.1, -0.05) is 5.18 Å². The van der Waals surface area contributed by atoms with E-state index in [1.165, 1.54) is 17.8 Å². The Morgan fingerprint density at radius 3 is 2.96 bits per heavy atom. The molecule has 126 valence electrons. The van der Waals surface area contributed by atoms with Crippen LogP contribution < -0.4 is 11.3 Å². The zero-order valence-corrected chi connectivity index (χ0v) is 12.6. The number of aromatic nitrogens is 4. The number of nitrogens with one attached hydrogen (secondary N) is 1. The first kappa shape index (κ1) is 17.0. The van der Waals surface area contributed by atoms with Crippen LogP contribution in [0.1, 0.15) is 20.1 Å². The number of anilines is 1.